The van der Waals surface area contributed by atoms with Crippen molar-refractivity contribution in [3.8, 4) is 0 Å². The number of thiophene rings is 1. The van der Waals surface area contributed by atoms with E-state index in [1.165, 1.54) is 10.4 Å². The standard InChI is InChI=1S/C12H17N3O2S/c1-2-13-12(17)14-11(16)8-15-5-3-10-9(7-15)4-6-18-10/h4,6H,2-3,5,7-8H2,1H3,(H2,13,14,16,17). The molecule has 2 rings (SSSR count). The average molecular weight is 267 g/mol. The smallest absolute Gasteiger partial charge is 0.321 e. The molecule has 6 heteroatoms. The molecule has 1 aliphatic heterocycles. The maximum atomic E-state index is 11.6. The summed E-state index contributed by atoms with van der Waals surface area (Å²) in [6, 6.07) is 1.68. The Hall–Kier alpha value is -1.40. The Bertz CT molecular complexity index is 444. The molecule has 0 atom stereocenters. The van der Waals surface area contributed by atoms with Gasteiger partial charge in [-0.05, 0) is 30.4 Å². The summed E-state index contributed by atoms with van der Waals surface area (Å²) in [7, 11) is 0. The van der Waals surface area contributed by atoms with Gasteiger partial charge in [-0.25, -0.2) is 4.79 Å². The molecule has 98 valence electrons. The van der Waals surface area contributed by atoms with Crippen LogP contribution in [0.3, 0.4) is 0 Å². The Kier molecular flexibility index (Phi) is 4.33. The van der Waals surface area contributed by atoms with Gasteiger partial charge in [0.15, 0.2) is 0 Å². The Labute approximate surface area is 110 Å². The lowest BCUT2D eigenvalue weighted by atomic mass is 10.1. The zero-order valence-corrected chi connectivity index (χ0v) is 11.2. The second-order valence-corrected chi connectivity index (χ2v) is 5.24. The van der Waals surface area contributed by atoms with Crippen LogP contribution >= 0.6 is 11.3 Å². The quantitative estimate of drug-likeness (QED) is 0.857. The molecule has 0 unspecified atom stereocenters. The topological polar surface area (TPSA) is 61.4 Å². The number of hydrogen-bond donors (Lipinski definition) is 2. The summed E-state index contributed by atoms with van der Waals surface area (Å²) < 4.78 is 0. The largest absolute Gasteiger partial charge is 0.338 e. The Morgan fingerprint density at radius 3 is 3.11 bits per heavy atom. The number of hydrogen-bond acceptors (Lipinski definition) is 4. The van der Waals surface area contributed by atoms with Crippen molar-refractivity contribution < 1.29 is 9.59 Å². The van der Waals surface area contributed by atoms with Crippen LogP contribution in [0.2, 0.25) is 0 Å². The predicted octanol–water partition coefficient (Wildman–Crippen LogP) is 0.952. The number of nitrogens with zero attached hydrogens (tertiary/aromatic N) is 1. The third kappa shape index (κ3) is 3.30. The Balaban J connectivity index is 1.81. The van der Waals surface area contributed by atoms with Crippen LogP contribution in [0.5, 0.6) is 0 Å². The van der Waals surface area contributed by atoms with Crippen molar-refractivity contribution in [2.24, 2.45) is 0 Å². The van der Waals surface area contributed by atoms with Crippen molar-refractivity contribution in [1.82, 2.24) is 15.5 Å². The van der Waals surface area contributed by atoms with Crippen molar-refractivity contribution >= 4 is 23.3 Å². The van der Waals surface area contributed by atoms with E-state index in [-0.39, 0.29) is 12.5 Å². The van der Waals surface area contributed by atoms with Crippen LogP contribution in [0.25, 0.3) is 0 Å². The molecule has 18 heavy (non-hydrogen) atoms. The van der Waals surface area contributed by atoms with Gasteiger partial charge in [0.1, 0.15) is 0 Å². The van der Waals surface area contributed by atoms with Gasteiger partial charge in [-0.15, -0.1) is 11.3 Å². The maximum absolute atomic E-state index is 11.6. The molecule has 5 nitrogen and oxygen atoms in total. The van der Waals surface area contributed by atoms with Crippen LogP contribution in [0.4, 0.5) is 4.79 Å². The monoisotopic (exact) mass is 267 g/mol. The molecule has 0 radical (unpaired) electrons. The van der Waals surface area contributed by atoms with E-state index in [2.05, 4.69) is 27.0 Å². The van der Waals surface area contributed by atoms with Gasteiger partial charge in [0.2, 0.25) is 5.91 Å². The molecule has 2 N–H and O–H groups in total. The van der Waals surface area contributed by atoms with E-state index in [0.717, 1.165) is 19.5 Å². The highest BCUT2D eigenvalue weighted by Gasteiger charge is 2.19. The van der Waals surface area contributed by atoms with Crippen LogP contribution in [0.1, 0.15) is 17.4 Å². The van der Waals surface area contributed by atoms with E-state index in [1.54, 1.807) is 11.3 Å². The van der Waals surface area contributed by atoms with E-state index < -0.39 is 6.03 Å². The molecule has 0 saturated carbocycles. The van der Waals surface area contributed by atoms with Crippen molar-refractivity contribution in [3.63, 3.8) is 0 Å². The zero-order chi connectivity index (χ0) is 13.0. The predicted molar refractivity (Wildman–Crippen MR) is 70.5 cm³/mol. The van der Waals surface area contributed by atoms with E-state index in [1.807, 2.05) is 6.92 Å². The lowest BCUT2D eigenvalue weighted by Gasteiger charge is -2.25. The molecular weight excluding hydrogens is 250 g/mol. The van der Waals surface area contributed by atoms with Crippen LogP contribution in [0.15, 0.2) is 11.4 Å². The first-order valence-corrected chi connectivity index (χ1v) is 6.92. The summed E-state index contributed by atoms with van der Waals surface area (Å²) in [5, 5.41) is 6.94. The van der Waals surface area contributed by atoms with Gasteiger partial charge in [-0.1, -0.05) is 0 Å². The van der Waals surface area contributed by atoms with E-state index in [4.69, 9.17) is 0 Å². The van der Waals surface area contributed by atoms with Gasteiger partial charge in [-0.2, -0.15) is 0 Å². The molecule has 0 spiro atoms. The van der Waals surface area contributed by atoms with Gasteiger partial charge in [0.25, 0.3) is 0 Å². The summed E-state index contributed by atoms with van der Waals surface area (Å²) in [4.78, 5) is 26.3. The van der Waals surface area contributed by atoms with Crippen LogP contribution in [0, 0.1) is 0 Å². The zero-order valence-electron chi connectivity index (χ0n) is 10.4. The number of urea groups is 1. The molecule has 0 saturated heterocycles. The van der Waals surface area contributed by atoms with E-state index in [9.17, 15) is 9.59 Å². The Morgan fingerprint density at radius 2 is 2.33 bits per heavy atom. The van der Waals surface area contributed by atoms with Gasteiger partial charge in [0, 0.05) is 24.5 Å². The molecule has 1 aromatic heterocycles. The summed E-state index contributed by atoms with van der Waals surface area (Å²) in [6.07, 6.45) is 0.988. The molecule has 3 amide bonds. The summed E-state index contributed by atoms with van der Waals surface area (Å²) in [6.45, 7) is 4.26. The van der Waals surface area contributed by atoms with E-state index in [0.29, 0.717) is 6.54 Å². The highest BCUT2D eigenvalue weighted by atomic mass is 32.1. The minimum atomic E-state index is -0.421. The van der Waals surface area contributed by atoms with Crippen molar-refractivity contribution in [2.75, 3.05) is 19.6 Å². The minimum absolute atomic E-state index is 0.250. The first-order valence-electron chi connectivity index (χ1n) is 6.04. The summed E-state index contributed by atoms with van der Waals surface area (Å²) in [5.41, 5.74) is 1.30. The molecule has 1 aliphatic rings. The normalized spacial score (nSPS) is 14.9. The summed E-state index contributed by atoms with van der Waals surface area (Å²) in [5.74, 6) is -0.250. The second kappa shape index (κ2) is 5.97. The average Bonchev–Trinajstić information content (AvgIpc) is 2.76. The summed E-state index contributed by atoms with van der Waals surface area (Å²) >= 11 is 1.77. The molecule has 0 fully saturated rings. The number of nitrogens with one attached hydrogen (secondary N) is 2. The number of imide groups is 1. The first kappa shape index (κ1) is 13.0. The third-order valence-electron chi connectivity index (χ3n) is 2.84. The number of fused-ring (bicyclic) bond motifs is 1. The number of carbonyl (C=O) groups excluding carboxylic acids is 2. The number of carbonyl (C=O) groups is 2. The van der Waals surface area contributed by atoms with Gasteiger partial charge >= 0.3 is 6.03 Å². The molecule has 2 heterocycles. The molecule has 0 aromatic carbocycles. The lowest BCUT2D eigenvalue weighted by molar-refractivity contribution is -0.121. The van der Waals surface area contributed by atoms with Gasteiger partial charge < -0.3 is 5.32 Å². The fourth-order valence-corrected chi connectivity index (χ4v) is 2.91. The highest BCUT2D eigenvalue weighted by molar-refractivity contribution is 7.10. The molecule has 0 bridgehead atoms. The second-order valence-electron chi connectivity index (χ2n) is 4.24. The molecular formula is C12H17N3O2S. The minimum Gasteiger partial charge on any atom is -0.338 e. The number of rotatable bonds is 3. The van der Waals surface area contributed by atoms with Crippen molar-refractivity contribution in [2.45, 2.75) is 19.9 Å². The van der Waals surface area contributed by atoms with Crippen LogP contribution in [-0.4, -0.2) is 36.5 Å². The first-order chi connectivity index (χ1) is 8.69. The Morgan fingerprint density at radius 1 is 1.50 bits per heavy atom. The van der Waals surface area contributed by atoms with Crippen molar-refractivity contribution in [1.29, 1.82) is 0 Å². The van der Waals surface area contributed by atoms with E-state index >= 15 is 0 Å². The SMILES string of the molecule is CCNC(=O)NC(=O)CN1CCc2sccc2C1. The fraction of sp³-hybridized carbons (Fsp3) is 0.500. The fourth-order valence-electron chi connectivity index (χ4n) is 2.02. The molecule has 0 aliphatic carbocycles. The highest BCUT2D eigenvalue weighted by Crippen LogP contribution is 2.23. The third-order valence-corrected chi connectivity index (χ3v) is 3.87. The van der Waals surface area contributed by atoms with Crippen LogP contribution < -0.4 is 10.6 Å². The van der Waals surface area contributed by atoms with Gasteiger partial charge in [0.05, 0.1) is 6.54 Å². The maximum Gasteiger partial charge on any atom is 0.321 e. The number of amides is 3. The van der Waals surface area contributed by atoms with Crippen LogP contribution in [-0.2, 0) is 17.8 Å². The lowest BCUT2D eigenvalue weighted by Crippen LogP contribution is -2.45. The van der Waals surface area contributed by atoms with Gasteiger partial charge in [-0.3, -0.25) is 15.0 Å². The molecule has 1 aromatic rings. The van der Waals surface area contributed by atoms with Crippen molar-refractivity contribution in [3.05, 3.63) is 21.9 Å².